The van der Waals surface area contributed by atoms with E-state index in [9.17, 15) is 4.79 Å². The van der Waals surface area contributed by atoms with Crippen LogP contribution in [0.25, 0.3) is 10.8 Å². The Morgan fingerprint density at radius 1 is 0.871 bits per heavy atom. The fourth-order valence-electron chi connectivity index (χ4n) is 3.18. The highest BCUT2D eigenvalue weighted by molar-refractivity contribution is 5.99. The van der Waals surface area contributed by atoms with Crippen molar-refractivity contribution < 1.29 is 14.3 Å². The Balaban J connectivity index is 1.40. The fourth-order valence-corrected chi connectivity index (χ4v) is 3.18. The molecule has 1 amide bonds. The summed E-state index contributed by atoms with van der Waals surface area (Å²) < 4.78 is 11.3. The number of hydrogen-bond acceptors (Lipinski definition) is 4. The molecule has 5 nitrogen and oxygen atoms in total. The zero-order chi connectivity index (χ0) is 21.5. The van der Waals surface area contributed by atoms with E-state index in [0.717, 1.165) is 21.9 Å². The first kappa shape index (κ1) is 20.2. The second-order valence-corrected chi connectivity index (χ2v) is 6.95. The minimum Gasteiger partial charge on any atom is -0.493 e. The van der Waals surface area contributed by atoms with Crippen LogP contribution in [0.1, 0.15) is 21.5 Å². The van der Waals surface area contributed by atoms with Gasteiger partial charge in [0, 0.05) is 5.56 Å². The van der Waals surface area contributed by atoms with Crippen molar-refractivity contribution in [3.8, 4) is 11.5 Å². The number of nitrogens with one attached hydrogen (secondary N) is 1. The number of rotatable bonds is 7. The molecule has 0 atom stereocenters. The zero-order valence-corrected chi connectivity index (χ0v) is 17.1. The lowest BCUT2D eigenvalue weighted by atomic mass is 10.1. The maximum absolute atomic E-state index is 12.4. The average molecular weight is 410 g/mol. The molecule has 0 saturated heterocycles. The van der Waals surface area contributed by atoms with Gasteiger partial charge in [0.1, 0.15) is 6.61 Å². The highest BCUT2D eigenvalue weighted by Gasteiger charge is 2.07. The second kappa shape index (κ2) is 9.59. The fraction of sp³-hybridized carbons (Fsp3) is 0.0769. The van der Waals surface area contributed by atoms with Crippen LogP contribution in [0, 0.1) is 0 Å². The third kappa shape index (κ3) is 5.08. The molecule has 0 heterocycles. The minimum absolute atomic E-state index is 0.267. The van der Waals surface area contributed by atoms with Gasteiger partial charge in [-0.05, 0) is 52.2 Å². The number of carbonyl (C=O) groups is 1. The Morgan fingerprint density at radius 3 is 2.45 bits per heavy atom. The van der Waals surface area contributed by atoms with Crippen LogP contribution in [-0.4, -0.2) is 19.2 Å². The summed E-state index contributed by atoms with van der Waals surface area (Å²) in [5.41, 5.74) is 4.98. The van der Waals surface area contributed by atoms with Crippen molar-refractivity contribution >= 4 is 22.9 Å². The van der Waals surface area contributed by atoms with Gasteiger partial charge in [0.15, 0.2) is 11.5 Å². The monoisotopic (exact) mass is 410 g/mol. The highest BCUT2D eigenvalue weighted by atomic mass is 16.5. The van der Waals surface area contributed by atoms with Gasteiger partial charge >= 0.3 is 0 Å². The topological polar surface area (TPSA) is 59.9 Å². The van der Waals surface area contributed by atoms with E-state index in [1.165, 1.54) is 0 Å². The Bertz CT molecular complexity index is 1220. The molecule has 4 rings (SSSR count). The maximum atomic E-state index is 12.4. The molecule has 0 aliphatic rings. The SMILES string of the molecule is COc1cc(/C=N\NC(=O)c2ccc3ccccc3c2)ccc1OCc1ccccc1. The summed E-state index contributed by atoms with van der Waals surface area (Å²) >= 11 is 0. The molecular weight excluding hydrogens is 388 g/mol. The number of hydrogen-bond donors (Lipinski definition) is 1. The zero-order valence-electron chi connectivity index (χ0n) is 17.1. The van der Waals surface area contributed by atoms with Gasteiger partial charge in [-0.3, -0.25) is 4.79 Å². The normalized spacial score (nSPS) is 10.9. The van der Waals surface area contributed by atoms with Gasteiger partial charge in [-0.25, -0.2) is 5.43 Å². The molecular formula is C26H22N2O3. The van der Waals surface area contributed by atoms with Crippen LogP contribution in [0.15, 0.2) is 96.1 Å². The summed E-state index contributed by atoms with van der Waals surface area (Å²) in [5.74, 6) is 0.973. The Morgan fingerprint density at radius 2 is 1.65 bits per heavy atom. The molecule has 4 aromatic rings. The molecule has 0 bridgehead atoms. The van der Waals surface area contributed by atoms with Gasteiger partial charge in [0.25, 0.3) is 5.91 Å². The molecule has 1 N–H and O–H groups in total. The molecule has 0 radical (unpaired) electrons. The lowest BCUT2D eigenvalue weighted by Gasteiger charge is -2.11. The van der Waals surface area contributed by atoms with Crippen molar-refractivity contribution in [3.05, 3.63) is 108 Å². The lowest BCUT2D eigenvalue weighted by molar-refractivity contribution is 0.0955. The Labute approximate surface area is 180 Å². The van der Waals surface area contributed by atoms with Gasteiger partial charge in [-0.15, -0.1) is 0 Å². The first-order valence-electron chi connectivity index (χ1n) is 9.90. The average Bonchev–Trinajstić information content (AvgIpc) is 2.83. The number of methoxy groups -OCH3 is 1. The third-order valence-electron chi connectivity index (χ3n) is 4.82. The molecule has 0 aliphatic heterocycles. The summed E-state index contributed by atoms with van der Waals surface area (Å²) in [6, 6.07) is 28.9. The Kier molecular flexibility index (Phi) is 6.24. The van der Waals surface area contributed by atoms with Crippen LogP contribution >= 0.6 is 0 Å². The Hall–Kier alpha value is -4.12. The van der Waals surface area contributed by atoms with E-state index in [2.05, 4.69) is 10.5 Å². The molecule has 0 fully saturated rings. The van der Waals surface area contributed by atoms with Crippen LogP contribution in [0.5, 0.6) is 11.5 Å². The van der Waals surface area contributed by atoms with Gasteiger partial charge in [0.05, 0.1) is 13.3 Å². The standard InChI is InChI=1S/C26H22N2O3/c1-30-25-15-20(11-14-24(25)31-18-19-7-3-2-4-8-19)17-27-28-26(29)23-13-12-21-9-5-6-10-22(21)16-23/h2-17H,18H2,1H3,(H,28,29)/b27-17-. The van der Waals surface area contributed by atoms with E-state index in [0.29, 0.717) is 23.7 Å². The summed E-state index contributed by atoms with van der Waals surface area (Å²) in [5, 5.41) is 6.17. The van der Waals surface area contributed by atoms with Gasteiger partial charge in [0.2, 0.25) is 0 Å². The number of benzene rings is 4. The highest BCUT2D eigenvalue weighted by Crippen LogP contribution is 2.28. The number of fused-ring (bicyclic) bond motifs is 1. The van der Waals surface area contributed by atoms with Crippen molar-refractivity contribution in [2.75, 3.05) is 7.11 Å². The second-order valence-electron chi connectivity index (χ2n) is 6.95. The van der Waals surface area contributed by atoms with Gasteiger partial charge in [-0.2, -0.15) is 5.10 Å². The molecule has 0 aromatic heterocycles. The third-order valence-corrected chi connectivity index (χ3v) is 4.82. The molecule has 31 heavy (non-hydrogen) atoms. The van der Waals surface area contributed by atoms with Crippen LogP contribution in [0.2, 0.25) is 0 Å². The largest absolute Gasteiger partial charge is 0.493 e. The van der Waals surface area contributed by atoms with E-state index in [1.54, 1.807) is 19.4 Å². The number of nitrogens with zero attached hydrogens (tertiary/aromatic N) is 1. The summed E-state index contributed by atoms with van der Waals surface area (Å²) in [7, 11) is 1.59. The summed E-state index contributed by atoms with van der Waals surface area (Å²) in [6.45, 7) is 0.451. The molecule has 0 spiro atoms. The van der Waals surface area contributed by atoms with E-state index < -0.39 is 0 Å². The smallest absolute Gasteiger partial charge is 0.271 e. The van der Waals surface area contributed by atoms with Crippen LogP contribution in [-0.2, 0) is 6.61 Å². The van der Waals surface area contributed by atoms with Crippen LogP contribution in [0.4, 0.5) is 0 Å². The van der Waals surface area contributed by atoms with Crippen molar-refractivity contribution in [3.63, 3.8) is 0 Å². The predicted octanol–water partition coefficient (Wildman–Crippen LogP) is 5.19. The molecule has 4 aromatic carbocycles. The van der Waals surface area contributed by atoms with Gasteiger partial charge in [-0.1, -0.05) is 60.7 Å². The van der Waals surface area contributed by atoms with Crippen molar-refractivity contribution in [2.24, 2.45) is 5.10 Å². The molecule has 0 unspecified atom stereocenters. The van der Waals surface area contributed by atoms with E-state index in [-0.39, 0.29) is 5.91 Å². The first-order chi connectivity index (χ1) is 15.2. The number of hydrazone groups is 1. The molecule has 154 valence electrons. The van der Waals surface area contributed by atoms with E-state index >= 15 is 0 Å². The number of amides is 1. The molecule has 5 heteroatoms. The van der Waals surface area contributed by atoms with E-state index in [1.807, 2.05) is 84.9 Å². The van der Waals surface area contributed by atoms with Crippen LogP contribution in [0.3, 0.4) is 0 Å². The van der Waals surface area contributed by atoms with Crippen molar-refractivity contribution in [1.29, 1.82) is 0 Å². The lowest BCUT2D eigenvalue weighted by Crippen LogP contribution is -2.17. The summed E-state index contributed by atoms with van der Waals surface area (Å²) in [4.78, 5) is 12.4. The van der Waals surface area contributed by atoms with Crippen molar-refractivity contribution in [1.82, 2.24) is 5.43 Å². The number of carbonyl (C=O) groups excluding carboxylic acids is 1. The minimum atomic E-state index is -0.267. The van der Waals surface area contributed by atoms with E-state index in [4.69, 9.17) is 9.47 Å². The van der Waals surface area contributed by atoms with Crippen LogP contribution < -0.4 is 14.9 Å². The first-order valence-corrected chi connectivity index (χ1v) is 9.90. The number of ether oxygens (including phenoxy) is 2. The van der Waals surface area contributed by atoms with Gasteiger partial charge < -0.3 is 9.47 Å². The quantitative estimate of drug-likeness (QED) is 0.337. The molecule has 0 saturated carbocycles. The molecule has 0 aliphatic carbocycles. The predicted molar refractivity (Wildman–Crippen MR) is 123 cm³/mol. The van der Waals surface area contributed by atoms with Crippen molar-refractivity contribution in [2.45, 2.75) is 6.61 Å². The maximum Gasteiger partial charge on any atom is 0.271 e. The summed E-state index contributed by atoms with van der Waals surface area (Å²) in [6.07, 6.45) is 1.57.